The number of rotatable bonds is 4. The van der Waals surface area contributed by atoms with Crippen LogP contribution in [0.2, 0.25) is 0 Å². The molecule has 0 spiro atoms. The van der Waals surface area contributed by atoms with E-state index in [9.17, 15) is 0 Å². The molecule has 2 unspecified atom stereocenters. The Morgan fingerprint density at radius 1 is 1.26 bits per heavy atom. The van der Waals surface area contributed by atoms with Gasteiger partial charge >= 0.3 is 0 Å². The molecule has 1 aromatic carbocycles. The molecule has 0 aromatic heterocycles. The molecule has 19 heavy (non-hydrogen) atoms. The average molecular weight is 261 g/mol. The molecule has 2 rings (SSSR count). The fourth-order valence-corrected chi connectivity index (χ4v) is 2.57. The Hall–Kier alpha value is -1.06. The van der Waals surface area contributed by atoms with Gasteiger partial charge in [0.2, 0.25) is 0 Å². The highest BCUT2D eigenvalue weighted by atomic mass is 15.3. The second-order valence-electron chi connectivity index (χ2n) is 5.81. The summed E-state index contributed by atoms with van der Waals surface area (Å²) in [5, 5.41) is 0. The first-order valence-corrected chi connectivity index (χ1v) is 7.40. The van der Waals surface area contributed by atoms with Gasteiger partial charge in [-0.05, 0) is 44.5 Å². The zero-order valence-corrected chi connectivity index (χ0v) is 12.5. The predicted molar refractivity (Wildman–Crippen MR) is 82.7 cm³/mol. The van der Waals surface area contributed by atoms with Crippen LogP contribution in [0.3, 0.4) is 0 Å². The minimum atomic E-state index is 0.287. The Bertz CT molecular complexity index is 387. The molecule has 106 valence electrons. The first-order chi connectivity index (χ1) is 9.10. The monoisotopic (exact) mass is 261 g/mol. The van der Waals surface area contributed by atoms with E-state index in [1.165, 1.54) is 11.3 Å². The highest BCUT2D eigenvalue weighted by Gasteiger charge is 2.20. The van der Waals surface area contributed by atoms with Crippen LogP contribution in [0.5, 0.6) is 0 Å². The summed E-state index contributed by atoms with van der Waals surface area (Å²) in [5.74, 6) is 0. The number of piperazine rings is 1. The zero-order valence-electron chi connectivity index (χ0n) is 12.5. The third-order valence-electron chi connectivity index (χ3n) is 4.28. The fourth-order valence-electron chi connectivity index (χ4n) is 2.57. The van der Waals surface area contributed by atoms with Crippen LogP contribution >= 0.6 is 0 Å². The SMILES string of the molecule is CCC(N)Cc1ccc(N2CCN(C)C(C)C2)cc1. The molecule has 2 atom stereocenters. The van der Waals surface area contributed by atoms with Crippen molar-refractivity contribution in [1.29, 1.82) is 0 Å². The van der Waals surface area contributed by atoms with Crippen LogP contribution in [0.1, 0.15) is 25.8 Å². The third kappa shape index (κ3) is 3.71. The molecule has 1 fully saturated rings. The van der Waals surface area contributed by atoms with Gasteiger partial charge in [-0.15, -0.1) is 0 Å². The molecular weight excluding hydrogens is 234 g/mol. The van der Waals surface area contributed by atoms with Crippen LogP contribution in [0, 0.1) is 0 Å². The molecule has 1 aliphatic rings. The van der Waals surface area contributed by atoms with Gasteiger partial charge in [0.25, 0.3) is 0 Å². The molecule has 1 aromatic rings. The van der Waals surface area contributed by atoms with Gasteiger partial charge in [-0.3, -0.25) is 0 Å². The van der Waals surface area contributed by atoms with Crippen molar-refractivity contribution in [3.05, 3.63) is 29.8 Å². The number of benzene rings is 1. The Morgan fingerprint density at radius 2 is 1.95 bits per heavy atom. The summed E-state index contributed by atoms with van der Waals surface area (Å²) in [7, 11) is 2.21. The van der Waals surface area contributed by atoms with E-state index >= 15 is 0 Å². The molecule has 3 heteroatoms. The number of likely N-dealkylation sites (N-methyl/N-ethyl adjacent to an activating group) is 1. The normalized spacial score (nSPS) is 22.5. The molecule has 2 N–H and O–H groups in total. The lowest BCUT2D eigenvalue weighted by molar-refractivity contribution is 0.234. The predicted octanol–water partition coefficient (Wildman–Crippen LogP) is 2.11. The van der Waals surface area contributed by atoms with Gasteiger partial charge in [0.15, 0.2) is 0 Å². The van der Waals surface area contributed by atoms with Gasteiger partial charge in [0.05, 0.1) is 0 Å². The van der Waals surface area contributed by atoms with Crippen molar-refractivity contribution in [2.24, 2.45) is 5.73 Å². The van der Waals surface area contributed by atoms with Gasteiger partial charge in [-0.1, -0.05) is 19.1 Å². The number of hydrogen-bond acceptors (Lipinski definition) is 3. The van der Waals surface area contributed by atoms with Gasteiger partial charge in [-0.2, -0.15) is 0 Å². The van der Waals surface area contributed by atoms with Crippen molar-refractivity contribution in [3.63, 3.8) is 0 Å². The average Bonchev–Trinajstić information content (AvgIpc) is 2.42. The summed E-state index contributed by atoms with van der Waals surface area (Å²) in [5.41, 5.74) is 8.69. The van der Waals surface area contributed by atoms with Gasteiger partial charge in [0, 0.05) is 37.4 Å². The van der Waals surface area contributed by atoms with Gasteiger partial charge in [0.1, 0.15) is 0 Å². The standard InChI is InChI=1S/C16H27N3/c1-4-15(17)11-14-5-7-16(8-6-14)19-10-9-18(3)13(2)12-19/h5-8,13,15H,4,9-12,17H2,1-3H3. The lowest BCUT2D eigenvalue weighted by atomic mass is 10.0. The van der Waals surface area contributed by atoms with Crippen molar-refractivity contribution >= 4 is 5.69 Å². The van der Waals surface area contributed by atoms with Crippen LogP contribution < -0.4 is 10.6 Å². The number of nitrogens with zero attached hydrogens (tertiary/aromatic N) is 2. The summed E-state index contributed by atoms with van der Waals surface area (Å²) < 4.78 is 0. The number of anilines is 1. The van der Waals surface area contributed by atoms with Crippen molar-refractivity contribution < 1.29 is 0 Å². The second kappa shape index (κ2) is 6.40. The molecule has 0 amide bonds. The third-order valence-corrected chi connectivity index (χ3v) is 4.28. The Morgan fingerprint density at radius 3 is 2.53 bits per heavy atom. The van der Waals surface area contributed by atoms with Gasteiger partial charge < -0.3 is 15.5 Å². The Labute approximate surface area is 117 Å². The van der Waals surface area contributed by atoms with Crippen molar-refractivity contribution in [1.82, 2.24) is 4.90 Å². The van der Waals surface area contributed by atoms with Crippen LogP contribution in [-0.4, -0.2) is 43.7 Å². The summed E-state index contributed by atoms with van der Waals surface area (Å²) in [4.78, 5) is 4.90. The van der Waals surface area contributed by atoms with Crippen LogP contribution in [-0.2, 0) is 6.42 Å². The van der Waals surface area contributed by atoms with Crippen molar-refractivity contribution in [3.8, 4) is 0 Å². The quantitative estimate of drug-likeness (QED) is 0.901. The smallest absolute Gasteiger partial charge is 0.0367 e. The van der Waals surface area contributed by atoms with Crippen molar-refractivity contribution in [2.45, 2.75) is 38.8 Å². The summed E-state index contributed by atoms with van der Waals surface area (Å²) >= 11 is 0. The zero-order chi connectivity index (χ0) is 13.8. The molecule has 0 radical (unpaired) electrons. The minimum absolute atomic E-state index is 0.287. The Balaban J connectivity index is 1.98. The number of hydrogen-bond donors (Lipinski definition) is 1. The van der Waals surface area contributed by atoms with Gasteiger partial charge in [-0.25, -0.2) is 0 Å². The highest BCUT2D eigenvalue weighted by Crippen LogP contribution is 2.19. The maximum atomic E-state index is 6.00. The molecular formula is C16H27N3. The molecule has 1 saturated heterocycles. The van der Waals surface area contributed by atoms with Crippen molar-refractivity contribution in [2.75, 3.05) is 31.6 Å². The summed E-state index contributed by atoms with van der Waals surface area (Å²) in [6, 6.07) is 9.86. The van der Waals surface area contributed by atoms with Crippen LogP contribution in [0.4, 0.5) is 5.69 Å². The lowest BCUT2D eigenvalue weighted by Gasteiger charge is -2.39. The fraction of sp³-hybridized carbons (Fsp3) is 0.625. The molecule has 0 saturated carbocycles. The largest absolute Gasteiger partial charge is 0.369 e. The maximum absolute atomic E-state index is 6.00. The molecule has 1 aliphatic heterocycles. The van der Waals surface area contributed by atoms with Crippen LogP contribution in [0.15, 0.2) is 24.3 Å². The topological polar surface area (TPSA) is 32.5 Å². The Kier molecular flexibility index (Phi) is 4.83. The first-order valence-electron chi connectivity index (χ1n) is 7.40. The molecule has 1 heterocycles. The van der Waals surface area contributed by atoms with E-state index in [-0.39, 0.29) is 6.04 Å². The maximum Gasteiger partial charge on any atom is 0.0367 e. The van der Waals surface area contributed by atoms with E-state index in [2.05, 4.69) is 55.0 Å². The highest BCUT2D eigenvalue weighted by molar-refractivity contribution is 5.48. The van der Waals surface area contributed by atoms with E-state index in [0.717, 1.165) is 32.5 Å². The molecule has 0 aliphatic carbocycles. The van der Waals surface area contributed by atoms with E-state index in [0.29, 0.717) is 6.04 Å². The minimum Gasteiger partial charge on any atom is -0.369 e. The van der Waals surface area contributed by atoms with E-state index in [1.807, 2.05) is 0 Å². The van der Waals surface area contributed by atoms with E-state index in [1.54, 1.807) is 0 Å². The molecule has 3 nitrogen and oxygen atoms in total. The summed E-state index contributed by atoms with van der Waals surface area (Å²) in [6.07, 6.45) is 2.02. The summed E-state index contributed by atoms with van der Waals surface area (Å²) in [6.45, 7) is 7.81. The number of nitrogens with two attached hydrogens (primary N) is 1. The molecule has 0 bridgehead atoms. The van der Waals surface area contributed by atoms with E-state index in [4.69, 9.17) is 5.73 Å². The lowest BCUT2D eigenvalue weighted by Crippen LogP contribution is -2.50. The van der Waals surface area contributed by atoms with Crippen LogP contribution in [0.25, 0.3) is 0 Å². The second-order valence-corrected chi connectivity index (χ2v) is 5.81. The first kappa shape index (κ1) is 14.4. The van der Waals surface area contributed by atoms with E-state index < -0.39 is 0 Å².